The third-order valence-electron chi connectivity index (χ3n) is 4.05. The van der Waals surface area contributed by atoms with Crippen LogP contribution in [0.15, 0.2) is 48.5 Å². The average Bonchev–Trinajstić information content (AvgIpc) is 2.61. The monoisotopic (exact) mass is 342 g/mol. The fourth-order valence-electron chi connectivity index (χ4n) is 2.54. The van der Waals surface area contributed by atoms with Gasteiger partial charge < -0.3 is 20.5 Å². The van der Waals surface area contributed by atoms with E-state index in [1.54, 1.807) is 7.11 Å². The maximum atomic E-state index is 12.1. The number of ether oxygens (including phenoxy) is 1. The van der Waals surface area contributed by atoms with Gasteiger partial charge in [-0.1, -0.05) is 30.3 Å². The summed E-state index contributed by atoms with van der Waals surface area (Å²) in [7, 11) is 1.60. The molecule has 25 heavy (non-hydrogen) atoms. The van der Waals surface area contributed by atoms with Crippen LogP contribution in [0.4, 0.5) is 5.69 Å². The third-order valence-corrected chi connectivity index (χ3v) is 4.05. The summed E-state index contributed by atoms with van der Waals surface area (Å²) in [6.07, 6.45) is -0.323. The minimum Gasteiger partial charge on any atom is -0.497 e. The standard InChI is InChI=1S/C20H26N2O3/c1-14-7-4-5-10-18(14)22-20(24)11-15(2)21-13-19(23)16-8-6-9-17(12-16)25-3/h4-10,12,15,19,21,23H,11,13H2,1-3H3,(H,22,24)/t15-,19+/m0/s1. The molecule has 0 bridgehead atoms. The van der Waals surface area contributed by atoms with Crippen molar-refractivity contribution in [2.45, 2.75) is 32.4 Å². The molecule has 134 valence electrons. The maximum Gasteiger partial charge on any atom is 0.225 e. The van der Waals surface area contributed by atoms with Crippen LogP contribution in [0.5, 0.6) is 5.75 Å². The van der Waals surface area contributed by atoms with Crippen molar-refractivity contribution in [1.29, 1.82) is 0 Å². The summed E-state index contributed by atoms with van der Waals surface area (Å²) in [5.74, 6) is 0.660. The highest BCUT2D eigenvalue weighted by Crippen LogP contribution is 2.19. The Morgan fingerprint density at radius 1 is 1.20 bits per heavy atom. The molecule has 0 aromatic heterocycles. The first kappa shape index (κ1) is 19.0. The topological polar surface area (TPSA) is 70.6 Å². The van der Waals surface area contributed by atoms with Gasteiger partial charge >= 0.3 is 0 Å². The Kier molecular flexibility index (Phi) is 6.98. The van der Waals surface area contributed by atoms with Crippen molar-refractivity contribution in [1.82, 2.24) is 5.32 Å². The number of rotatable bonds is 8. The molecule has 0 saturated carbocycles. The van der Waals surface area contributed by atoms with Crippen LogP contribution >= 0.6 is 0 Å². The number of carbonyl (C=O) groups excluding carboxylic acids is 1. The lowest BCUT2D eigenvalue weighted by Gasteiger charge is -2.18. The summed E-state index contributed by atoms with van der Waals surface area (Å²) in [5, 5.41) is 16.4. The number of methoxy groups -OCH3 is 1. The van der Waals surface area contributed by atoms with E-state index in [0.29, 0.717) is 18.7 Å². The van der Waals surface area contributed by atoms with E-state index in [9.17, 15) is 9.90 Å². The number of hydrogen-bond donors (Lipinski definition) is 3. The highest BCUT2D eigenvalue weighted by Gasteiger charge is 2.13. The van der Waals surface area contributed by atoms with E-state index in [1.165, 1.54) is 0 Å². The van der Waals surface area contributed by atoms with Gasteiger partial charge in [-0.15, -0.1) is 0 Å². The highest BCUT2D eigenvalue weighted by atomic mass is 16.5. The van der Waals surface area contributed by atoms with Crippen LogP contribution in [-0.2, 0) is 4.79 Å². The van der Waals surface area contributed by atoms with E-state index in [4.69, 9.17) is 4.74 Å². The van der Waals surface area contributed by atoms with E-state index >= 15 is 0 Å². The first-order valence-electron chi connectivity index (χ1n) is 8.40. The molecule has 2 aromatic rings. The minimum absolute atomic E-state index is 0.0508. The Balaban J connectivity index is 1.80. The molecule has 0 saturated heterocycles. The van der Waals surface area contributed by atoms with Crippen molar-refractivity contribution >= 4 is 11.6 Å². The molecular formula is C20H26N2O3. The second-order valence-electron chi connectivity index (χ2n) is 6.17. The molecule has 3 N–H and O–H groups in total. The smallest absolute Gasteiger partial charge is 0.225 e. The highest BCUT2D eigenvalue weighted by molar-refractivity contribution is 5.91. The summed E-state index contributed by atoms with van der Waals surface area (Å²) >= 11 is 0. The molecule has 1 amide bonds. The van der Waals surface area contributed by atoms with Crippen molar-refractivity contribution in [3.63, 3.8) is 0 Å². The summed E-state index contributed by atoms with van der Waals surface area (Å²) < 4.78 is 5.17. The number of para-hydroxylation sites is 1. The largest absolute Gasteiger partial charge is 0.497 e. The summed E-state index contributed by atoms with van der Waals surface area (Å²) in [4.78, 5) is 12.1. The molecule has 5 nitrogen and oxygen atoms in total. The second kappa shape index (κ2) is 9.20. The first-order chi connectivity index (χ1) is 12.0. The summed E-state index contributed by atoms with van der Waals surface area (Å²) in [5.41, 5.74) is 2.64. The van der Waals surface area contributed by atoms with Gasteiger partial charge in [-0.3, -0.25) is 4.79 Å². The zero-order valence-electron chi connectivity index (χ0n) is 15.0. The molecule has 5 heteroatoms. The van der Waals surface area contributed by atoms with E-state index in [0.717, 1.165) is 16.8 Å². The number of aliphatic hydroxyl groups excluding tert-OH is 1. The molecule has 0 heterocycles. The van der Waals surface area contributed by atoms with Crippen molar-refractivity contribution in [3.05, 3.63) is 59.7 Å². The van der Waals surface area contributed by atoms with Crippen LogP contribution in [0.1, 0.15) is 30.6 Å². The molecule has 0 aliphatic rings. The number of aryl methyl sites for hydroxylation is 1. The van der Waals surface area contributed by atoms with Gasteiger partial charge in [0.05, 0.1) is 13.2 Å². The van der Waals surface area contributed by atoms with E-state index in [1.807, 2.05) is 62.4 Å². The molecule has 2 rings (SSSR count). The fraction of sp³-hybridized carbons (Fsp3) is 0.350. The Labute approximate surface area is 149 Å². The van der Waals surface area contributed by atoms with Gasteiger partial charge in [-0.2, -0.15) is 0 Å². The number of anilines is 1. The number of amides is 1. The number of nitrogens with one attached hydrogen (secondary N) is 2. The molecule has 0 unspecified atom stereocenters. The van der Waals surface area contributed by atoms with Crippen LogP contribution in [0.25, 0.3) is 0 Å². The molecular weight excluding hydrogens is 316 g/mol. The van der Waals surface area contributed by atoms with Crippen LogP contribution < -0.4 is 15.4 Å². The van der Waals surface area contributed by atoms with Gasteiger partial charge in [0.25, 0.3) is 0 Å². The molecule has 0 aliphatic heterocycles. The van der Waals surface area contributed by atoms with Gasteiger partial charge in [0, 0.05) is 24.7 Å². The quantitative estimate of drug-likeness (QED) is 0.690. The Hall–Kier alpha value is -2.37. The van der Waals surface area contributed by atoms with Crippen LogP contribution in [-0.4, -0.2) is 30.7 Å². The van der Waals surface area contributed by atoms with Gasteiger partial charge in [0.2, 0.25) is 5.91 Å². The van der Waals surface area contributed by atoms with Crippen molar-refractivity contribution < 1.29 is 14.6 Å². The lowest BCUT2D eigenvalue weighted by atomic mass is 10.1. The van der Waals surface area contributed by atoms with Crippen LogP contribution in [0, 0.1) is 6.92 Å². The molecule has 0 spiro atoms. The van der Waals surface area contributed by atoms with E-state index < -0.39 is 6.10 Å². The van der Waals surface area contributed by atoms with Crippen molar-refractivity contribution in [3.8, 4) is 5.75 Å². The Morgan fingerprint density at radius 3 is 2.68 bits per heavy atom. The summed E-state index contributed by atoms with van der Waals surface area (Å²) in [6.45, 7) is 4.25. The minimum atomic E-state index is -0.656. The predicted octanol–water partition coefficient (Wildman–Crippen LogP) is 3.04. The lowest BCUT2D eigenvalue weighted by Crippen LogP contribution is -2.33. The number of carbonyl (C=O) groups is 1. The predicted molar refractivity (Wildman–Crippen MR) is 99.8 cm³/mol. The molecule has 0 aliphatic carbocycles. The Morgan fingerprint density at radius 2 is 1.96 bits per heavy atom. The van der Waals surface area contributed by atoms with Gasteiger partial charge in [0.15, 0.2) is 0 Å². The normalized spacial score (nSPS) is 13.1. The molecule has 2 aromatic carbocycles. The zero-order valence-corrected chi connectivity index (χ0v) is 15.0. The number of hydrogen-bond acceptors (Lipinski definition) is 4. The molecule has 0 radical (unpaired) electrons. The third kappa shape index (κ3) is 5.89. The first-order valence-corrected chi connectivity index (χ1v) is 8.40. The van der Waals surface area contributed by atoms with Gasteiger partial charge in [-0.25, -0.2) is 0 Å². The van der Waals surface area contributed by atoms with Gasteiger partial charge in [-0.05, 0) is 43.2 Å². The summed E-state index contributed by atoms with van der Waals surface area (Å²) in [6, 6.07) is 15.0. The van der Waals surface area contributed by atoms with Crippen LogP contribution in [0.2, 0.25) is 0 Å². The molecule has 0 fully saturated rings. The average molecular weight is 342 g/mol. The maximum absolute atomic E-state index is 12.1. The SMILES string of the molecule is COc1cccc([C@H](O)CN[C@@H](C)CC(=O)Nc2ccccc2C)c1. The Bertz CT molecular complexity index is 703. The second-order valence-corrected chi connectivity index (χ2v) is 6.17. The van der Waals surface area contributed by atoms with E-state index in [-0.39, 0.29) is 11.9 Å². The van der Waals surface area contributed by atoms with Crippen molar-refractivity contribution in [2.24, 2.45) is 0 Å². The van der Waals surface area contributed by atoms with Crippen molar-refractivity contribution in [2.75, 3.05) is 19.0 Å². The van der Waals surface area contributed by atoms with Crippen LogP contribution in [0.3, 0.4) is 0 Å². The molecule has 2 atom stereocenters. The fourth-order valence-corrected chi connectivity index (χ4v) is 2.54. The zero-order chi connectivity index (χ0) is 18.2. The number of aliphatic hydroxyl groups is 1. The van der Waals surface area contributed by atoms with Gasteiger partial charge in [0.1, 0.15) is 5.75 Å². The number of benzene rings is 2. The van der Waals surface area contributed by atoms with E-state index in [2.05, 4.69) is 10.6 Å². The lowest BCUT2D eigenvalue weighted by molar-refractivity contribution is -0.116.